The highest BCUT2D eigenvalue weighted by Gasteiger charge is 2.19. The van der Waals surface area contributed by atoms with E-state index < -0.39 is 0 Å². The van der Waals surface area contributed by atoms with Gasteiger partial charge in [-0.2, -0.15) is 0 Å². The molecule has 1 unspecified atom stereocenters. The van der Waals surface area contributed by atoms with Gasteiger partial charge in [-0.1, -0.05) is 30.3 Å². The van der Waals surface area contributed by atoms with Gasteiger partial charge >= 0.3 is 0 Å². The Kier molecular flexibility index (Phi) is 8.25. The maximum atomic E-state index is 12.0. The highest BCUT2D eigenvalue weighted by molar-refractivity contribution is 5.84. The van der Waals surface area contributed by atoms with Gasteiger partial charge in [0.2, 0.25) is 5.91 Å². The molecule has 1 amide bonds. The molecular weight excluding hydrogens is 316 g/mol. The van der Waals surface area contributed by atoms with Crippen molar-refractivity contribution in [2.45, 2.75) is 19.8 Å². The highest BCUT2D eigenvalue weighted by Crippen LogP contribution is 2.13. The van der Waals surface area contributed by atoms with Crippen LogP contribution in [0, 0.1) is 5.92 Å². The summed E-state index contributed by atoms with van der Waals surface area (Å²) >= 11 is 0. The summed E-state index contributed by atoms with van der Waals surface area (Å²) in [5.74, 6) is 1.25. The van der Waals surface area contributed by atoms with Crippen molar-refractivity contribution < 1.29 is 9.53 Å². The fourth-order valence-electron chi connectivity index (χ4n) is 2.86. The van der Waals surface area contributed by atoms with Crippen LogP contribution >= 0.6 is 0 Å². The van der Waals surface area contributed by atoms with E-state index in [1.54, 1.807) is 0 Å². The molecule has 1 aromatic carbocycles. The smallest absolute Gasteiger partial charge is 0.241 e. The summed E-state index contributed by atoms with van der Waals surface area (Å²) in [6.07, 6.45) is 1.92. The zero-order chi connectivity index (χ0) is 17.9. The normalized spacial score (nSPS) is 17.4. The zero-order valence-corrected chi connectivity index (χ0v) is 15.3. The van der Waals surface area contributed by atoms with E-state index in [-0.39, 0.29) is 12.5 Å². The van der Waals surface area contributed by atoms with Gasteiger partial charge in [-0.25, -0.2) is 4.99 Å². The Balaban J connectivity index is 1.75. The molecule has 2 N–H and O–H groups in total. The molecule has 6 heteroatoms. The molecule has 0 bridgehead atoms. The molecule has 0 saturated carbocycles. The molecular formula is C19H30N4O2. The van der Waals surface area contributed by atoms with Gasteiger partial charge < -0.3 is 20.3 Å². The third kappa shape index (κ3) is 7.13. The average Bonchev–Trinajstić information content (AvgIpc) is 3.12. The standard InChI is InChI=1S/C19H30N4O2/c1-3-20-19(23(2)14-17-10-12-25-15-17)22-13-18(24)21-11-9-16-7-5-4-6-8-16/h4-8,17H,3,9-15H2,1-2H3,(H,20,22)(H,21,24). The van der Waals surface area contributed by atoms with Gasteiger partial charge in [0.05, 0.1) is 6.61 Å². The first-order valence-corrected chi connectivity index (χ1v) is 9.07. The quantitative estimate of drug-likeness (QED) is 0.550. The minimum Gasteiger partial charge on any atom is -0.381 e. The summed E-state index contributed by atoms with van der Waals surface area (Å²) in [5, 5.41) is 6.18. The Morgan fingerprint density at radius 2 is 2.12 bits per heavy atom. The molecule has 1 heterocycles. The van der Waals surface area contributed by atoms with Gasteiger partial charge in [0.1, 0.15) is 6.54 Å². The predicted molar refractivity (Wildman–Crippen MR) is 101 cm³/mol. The lowest BCUT2D eigenvalue weighted by Gasteiger charge is -2.24. The molecule has 1 aromatic rings. The number of carbonyl (C=O) groups is 1. The van der Waals surface area contributed by atoms with Crippen molar-refractivity contribution in [3.63, 3.8) is 0 Å². The van der Waals surface area contributed by atoms with E-state index >= 15 is 0 Å². The van der Waals surface area contributed by atoms with Gasteiger partial charge in [-0.3, -0.25) is 4.79 Å². The molecule has 1 aliphatic rings. The van der Waals surface area contributed by atoms with Crippen LogP contribution in [-0.2, 0) is 16.0 Å². The van der Waals surface area contributed by atoms with Gasteiger partial charge in [0, 0.05) is 39.2 Å². The van der Waals surface area contributed by atoms with Crippen molar-refractivity contribution in [2.24, 2.45) is 10.9 Å². The van der Waals surface area contributed by atoms with Gasteiger partial charge in [-0.05, 0) is 25.3 Å². The monoisotopic (exact) mass is 346 g/mol. The number of ether oxygens (including phenoxy) is 1. The highest BCUT2D eigenvalue weighted by atomic mass is 16.5. The summed E-state index contributed by atoms with van der Waals surface area (Å²) in [6.45, 7) is 6.12. The fraction of sp³-hybridized carbons (Fsp3) is 0.579. The lowest BCUT2D eigenvalue weighted by atomic mass is 10.1. The van der Waals surface area contributed by atoms with Crippen LogP contribution < -0.4 is 10.6 Å². The average molecular weight is 346 g/mol. The SMILES string of the molecule is CCNC(=NCC(=O)NCCc1ccccc1)N(C)CC1CCOC1. The molecule has 0 aromatic heterocycles. The van der Waals surface area contributed by atoms with E-state index in [0.29, 0.717) is 12.5 Å². The minimum atomic E-state index is -0.0519. The second-order valence-corrected chi connectivity index (χ2v) is 6.37. The van der Waals surface area contributed by atoms with Gasteiger partial charge in [0.15, 0.2) is 5.96 Å². The number of nitrogens with one attached hydrogen (secondary N) is 2. The number of guanidine groups is 1. The molecule has 1 atom stereocenters. The van der Waals surface area contributed by atoms with E-state index in [4.69, 9.17) is 4.74 Å². The molecule has 138 valence electrons. The molecule has 1 fully saturated rings. The number of benzene rings is 1. The van der Waals surface area contributed by atoms with Crippen LogP contribution in [0.3, 0.4) is 0 Å². The van der Waals surface area contributed by atoms with Crippen LogP contribution in [0.4, 0.5) is 0 Å². The Labute approximate surface area is 150 Å². The lowest BCUT2D eigenvalue weighted by molar-refractivity contribution is -0.119. The molecule has 6 nitrogen and oxygen atoms in total. The third-order valence-electron chi connectivity index (χ3n) is 4.20. The zero-order valence-electron chi connectivity index (χ0n) is 15.3. The Bertz CT molecular complexity index is 542. The maximum absolute atomic E-state index is 12.0. The van der Waals surface area contributed by atoms with Crippen LogP contribution in [0.5, 0.6) is 0 Å². The molecule has 2 rings (SSSR count). The first-order chi connectivity index (χ1) is 12.2. The summed E-state index contributed by atoms with van der Waals surface area (Å²) in [7, 11) is 2.01. The van der Waals surface area contributed by atoms with Crippen molar-refractivity contribution in [2.75, 3.05) is 46.4 Å². The first kappa shape index (κ1) is 19.2. The summed E-state index contributed by atoms with van der Waals surface area (Å²) in [4.78, 5) is 18.6. The van der Waals surface area contributed by atoms with E-state index in [1.807, 2.05) is 32.2 Å². The Hall–Kier alpha value is -2.08. The lowest BCUT2D eigenvalue weighted by Crippen LogP contribution is -2.42. The van der Waals surface area contributed by atoms with Crippen LogP contribution in [-0.4, -0.2) is 63.2 Å². The second-order valence-electron chi connectivity index (χ2n) is 6.37. The van der Waals surface area contributed by atoms with Crippen LogP contribution in [0.1, 0.15) is 18.9 Å². The Morgan fingerprint density at radius 3 is 2.80 bits per heavy atom. The second kappa shape index (κ2) is 10.7. The van der Waals surface area contributed by atoms with Crippen LogP contribution in [0.2, 0.25) is 0 Å². The number of nitrogens with zero attached hydrogens (tertiary/aromatic N) is 2. The number of carbonyl (C=O) groups excluding carboxylic acids is 1. The van der Waals surface area contributed by atoms with Crippen LogP contribution in [0.25, 0.3) is 0 Å². The number of hydrogen-bond donors (Lipinski definition) is 2. The molecule has 0 radical (unpaired) electrons. The number of hydrogen-bond acceptors (Lipinski definition) is 3. The largest absolute Gasteiger partial charge is 0.381 e. The molecule has 0 spiro atoms. The molecule has 1 saturated heterocycles. The van der Waals surface area contributed by atoms with Crippen molar-refractivity contribution in [1.82, 2.24) is 15.5 Å². The van der Waals surface area contributed by atoms with Crippen molar-refractivity contribution in [1.29, 1.82) is 0 Å². The maximum Gasteiger partial charge on any atom is 0.241 e. The van der Waals surface area contributed by atoms with Crippen LogP contribution in [0.15, 0.2) is 35.3 Å². The van der Waals surface area contributed by atoms with Crippen molar-refractivity contribution >= 4 is 11.9 Å². The first-order valence-electron chi connectivity index (χ1n) is 9.07. The number of aliphatic imine (C=N–C) groups is 1. The summed E-state index contributed by atoms with van der Waals surface area (Å²) in [6, 6.07) is 10.1. The number of amides is 1. The van der Waals surface area contributed by atoms with Gasteiger partial charge in [-0.15, -0.1) is 0 Å². The Morgan fingerprint density at radius 1 is 1.32 bits per heavy atom. The van der Waals surface area contributed by atoms with E-state index in [0.717, 1.165) is 45.1 Å². The predicted octanol–water partition coefficient (Wildman–Crippen LogP) is 1.28. The van der Waals surface area contributed by atoms with Crippen molar-refractivity contribution in [3.05, 3.63) is 35.9 Å². The molecule has 0 aliphatic carbocycles. The van der Waals surface area contributed by atoms with Gasteiger partial charge in [0.25, 0.3) is 0 Å². The summed E-state index contributed by atoms with van der Waals surface area (Å²) < 4.78 is 5.43. The number of rotatable bonds is 8. The molecule has 1 aliphatic heterocycles. The third-order valence-corrected chi connectivity index (χ3v) is 4.20. The molecule has 25 heavy (non-hydrogen) atoms. The van der Waals surface area contributed by atoms with E-state index in [2.05, 4.69) is 32.7 Å². The van der Waals surface area contributed by atoms with Crippen molar-refractivity contribution in [3.8, 4) is 0 Å². The fourth-order valence-corrected chi connectivity index (χ4v) is 2.86. The minimum absolute atomic E-state index is 0.0519. The topological polar surface area (TPSA) is 66.0 Å². The summed E-state index contributed by atoms with van der Waals surface area (Å²) in [5.41, 5.74) is 1.22. The van der Waals surface area contributed by atoms with E-state index in [9.17, 15) is 4.79 Å². The van der Waals surface area contributed by atoms with E-state index in [1.165, 1.54) is 5.56 Å².